The van der Waals surface area contributed by atoms with Crippen LogP contribution in [0.1, 0.15) is 40.6 Å². The maximum Gasteiger partial charge on any atom is 0.255 e. The Balaban J connectivity index is 1.37. The number of ether oxygens (including phenoxy) is 1. The molecule has 144 valence electrons. The number of rotatable bonds is 6. The predicted molar refractivity (Wildman–Crippen MR) is 101 cm³/mol. The predicted octanol–water partition coefficient (Wildman–Crippen LogP) is 3.54. The van der Waals surface area contributed by atoms with E-state index in [1.807, 2.05) is 11.0 Å². The van der Waals surface area contributed by atoms with Gasteiger partial charge in [-0.1, -0.05) is 0 Å². The Morgan fingerprint density at radius 1 is 1.29 bits per heavy atom. The van der Waals surface area contributed by atoms with Gasteiger partial charge in [0.1, 0.15) is 11.6 Å². The van der Waals surface area contributed by atoms with Gasteiger partial charge in [0.25, 0.3) is 5.91 Å². The molecule has 3 aromatic rings. The lowest BCUT2D eigenvalue weighted by atomic mass is 10.1. The molecule has 1 aliphatic rings. The summed E-state index contributed by atoms with van der Waals surface area (Å²) in [6, 6.07) is 11.5. The Morgan fingerprint density at radius 3 is 2.93 bits per heavy atom. The molecule has 4 rings (SSSR count). The number of H-pyrrole nitrogens is 1. The van der Waals surface area contributed by atoms with E-state index in [0.29, 0.717) is 30.9 Å². The van der Waals surface area contributed by atoms with Gasteiger partial charge in [0.2, 0.25) is 0 Å². The highest BCUT2D eigenvalue weighted by Gasteiger charge is 2.32. The van der Waals surface area contributed by atoms with Crippen molar-refractivity contribution in [3.05, 3.63) is 77.6 Å². The second-order valence-electron chi connectivity index (χ2n) is 6.77. The summed E-state index contributed by atoms with van der Waals surface area (Å²) in [5, 5.41) is 7.46. The molecule has 1 aromatic carbocycles. The Morgan fingerprint density at radius 2 is 2.14 bits per heavy atom. The summed E-state index contributed by atoms with van der Waals surface area (Å²) in [7, 11) is 0. The van der Waals surface area contributed by atoms with Gasteiger partial charge in [-0.05, 0) is 55.3 Å². The van der Waals surface area contributed by atoms with Crippen molar-refractivity contribution in [3.8, 4) is 5.75 Å². The standard InChI is InChI=1S/C21H21FN4O2/c22-16-5-7-18(8-6-16)28-12-9-17-13-19(25-24-17)20-4-2-11-26(20)21(27)15-3-1-10-23-14-15/h1,3,5-8,10,13-14,20H,2,4,9,11-12H2,(H,24,25). The monoisotopic (exact) mass is 380 g/mol. The van der Waals surface area contributed by atoms with Crippen LogP contribution >= 0.6 is 0 Å². The van der Waals surface area contributed by atoms with E-state index in [-0.39, 0.29) is 17.8 Å². The first-order chi connectivity index (χ1) is 13.7. The summed E-state index contributed by atoms with van der Waals surface area (Å²) < 4.78 is 18.6. The molecule has 2 aromatic heterocycles. The zero-order valence-corrected chi connectivity index (χ0v) is 15.3. The van der Waals surface area contributed by atoms with Crippen LogP contribution in [0.25, 0.3) is 0 Å². The number of amides is 1. The quantitative estimate of drug-likeness (QED) is 0.710. The van der Waals surface area contributed by atoms with E-state index in [4.69, 9.17) is 4.74 Å². The highest BCUT2D eigenvalue weighted by atomic mass is 19.1. The summed E-state index contributed by atoms with van der Waals surface area (Å²) in [5.41, 5.74) is 2.40. The number of aromatic amines is 1. The van der Waals surface area contributed by atoms with Gasteiger partial charge in [0.15, 0.2) is 0 Å². The molecule has 0 aliphatic carbocycles. The molecule has 7 heteroatoms. The number of nitrogens with one attached hydrogen (secondary N) is 1. The third kappa shape index (κ3) is 4.03. The van der Waals surface area contributed by atoms with Gasteiger partial charge < -0.3 is 9.64 Å². The van der Waals surface area contributed by atoms with Gasteiger partial charge in [-0.3, -0.25) is 14.9 Å². The lowest BCUT2D eigenvalue weighted by Crippen LogP contribution is -2.30. The normalized spacial score (nSPS) is 16.3. The lowest BCUT2D eigenvalue weighted by Gasteiger charge is -2.23. The van der Waals surface area contributed by atoms with Gasteiger partial charge >= 0.3 is 0 Å². The van der Waals surface area contributed by atoms with E-state index in [2.05, 4.69) is 15.2 Å². The van der Waals surface area contributed by atoms with Crippen LogP contribution in [0.2, 0.25) is 0 Å². The second-order valence-corrected chi connectivity index (χ2v) is 6.77. The van der Waals surface area contributed by atoms with Crippen LogP contribution in [0.15, 0.2) is 54.9 Å². The third-order valence-electron chi connectivity index (χ3n) is 4.87. The van der Waals surface area contributed by atoms with Crippen LogP contribution in [0.4, 0.5) is 4.39 Å². The largest absolute Gasteiger partial charge is 0.493 e. The minimum Gasteiger partial charge on any atom is -0.493 e. The topological polar surface area (TPSA) is 71.1 Å². The zero-order valence-electron chi connectivity index (χ0n) is 15.3. The van der Waals surface area contributed by atoms with Crippen molar-refractivity contribution in [2.24, 2.45) is 0 Å². The van der Waals surface area contributed by atoms with Gasteiger partial charge in [0.05, 0.1) is 23.9 Å². The number of pyridine rings is 1. The van der Waals surface area contributed by atoms with Crippen LogP contribution in [0, 0.1) is 5.82 Å². The number of aromatic nitrogens is 3. The number of benzene rings is 1. The second kappa shape index (κ2) is 8.21. The van der Waals surface area contributed by atoms with Crippen molar-refractivity contribution in [1.29, 1.82) is 0 Å². The first-order valence-corrected chi connectivity index (χ1v) is 9.34. The fourth-order valence-corrected chi connectivity index (χ4v) is 3.46. The molecule has 3 heterocycles. The van der Waals surface area contributed by atoms with E-state index in [1.165, 1.54) is 12.1 Å². The Hall–Kier alpha value is -3.22. The van der Waals surface area contributed by atoms with Crippen molar-refractivity contribution in [3.63, 3.8) is 0 Å². The summed E-state index contributed by atoms with van der Waals surface area (Å²) in [6.45, 7) is 1.17. The zero-order chi connectivity index (χ0) is 19.3. The molecule has 0 saturated carbocycles. The van der Waals surface area contributed by atoms with Crippen molar-refractivity contribution >= 4 is 5.91 Å². The molecule has 0 spiro atoms. The number of hydrogen-bond donors (Lipinski definition) is 1. The molecule has 1 aliphatic heterocycles. The van der Waals surface area contributed by atoms with Gasteiger partial charge in [0, 0.05) is 31.1 Å². The lowest BCUT2D eigenvalue weighted by molar-refractivity contribution is 0.0732. The molecule has 1 fully saturated rings. The smallest absolute Gasteiger partial charge is 0.255 e. The SMILES string of the molecule is O=C(c1cccnc1)N1CCCC1c1cc(CCOc2ccc(F)cc2)[nH]n1. The van der Waals surface area contributed by atoms with Crippen LogP contribution < -0.4 is 4.74 Å². The molecule has 1 unspecified atom stereocenters. The number of hydrogen-bond acceptors (Lipinski definition) is 4. The van der Waals surface area contributed by atoms with Gasteiger partial charge in [-0.2, -0.15) is 5.10 Å². The molecule has 0 radical (unpaired) electrons. The van der Waals surface area contributed by atoms with Crippen molar-refractivity contribution in [1.82, 2.24) is 20.1 Å². The molecular formula is C21H21FN4O2. The highest BCUT2D eigenvalue weighted by molar-refractivity contribution is 5.94. The van der Waals surface area contributed by atoms with Gasteiger partial charge in [-0.15, -0.1) is 0 Å². The summed E-state index contributed by atoms with van der Waals surface area (Å²) in [5.74, 6) is 0.331. The minimum absolute atomic E-state index is 0.0141. The van der Waals surface area contributed by atoms with E-state index < -0.39 is 0 Å². The summed E-state index contributed by atoms with van der Waals surface area (Å²) >= 11 is 0. The third-order valence-corrected chi connectivity index (χ3v) is 4.87. The Bertz CT molecular complexity index is 927. The number of halogens is 1. The van der Waals surface area contributed by atoms with Crippen molar-refractivity contribution in [2.45, 2.75) is 25.3 Å². The Kier molecular flexibility index (Phi) is 5.32. The van der Waals surface area contributed by atoms with Crippen molar-refractivity contribution in [2.75, 3.05) is 13.2 Å². The van der Waals surface area contributed by atoms with Crippen LogP contribution in [-0.2, 0) is 6.42 Å². The van der Waals surface area contributed by atoms with E-state index >= 15 is 0 Å². The highest BCUT2D eigenvalue weighted by Crippen LogP contribution is 2.32. The maximum atomic E-state index is 12.9. The molecule has 1 saturated heterocycles. The van der Waals surface area contributed by atoms with Crippen LogP contribution in [-0.4, -0.2) is 39.1 Å². The minimum atomic E-state index is -0.285. The average Bonchev–Trinajstić information content (AvgIpc) is 3.39. The molecule has 1 amide bonds. The number of nitrogens with zero attached hydrogens (tertiary/aromatic N) is 3. The Labute approximate surface area is 162 Å². The fraction of sp³-hybridized carbons (Fsp3) is 0.286. The number of likely N-dealkylation sites (tertiary alicyclic amines) is 1. The van der Waals surface area contributed by atoms with E-state index in [9.17, 15) is 9.18 Å². The number of carbonyl (C=O) groups excluding carboxylic acids is 1. The van der Waals surface area contributed by atoms with Crippen LogP contribution in [0.3, 0.4) is 0 Å². The first kappa shape index (κ1) is 18.2. The first-order valence-electron chi connectivity index (χ1n) is 9.34. The van der Waals surface area contributed by atoms with Gasteiger partial charge in [-0.25, -0.2) is 4.39 Å². The average molecular weight is 380 g/mol. The fourth-order valence-electron chi connectivity index (χ4n) is 3.46. The van der Waals surface area contributed by atoms with E-state index in [0.717, 1.165) is 24.2 Å². The molecule has 1 N–H and O–H groups in total. The summed E-state index contributed by atoms with van der Waals surface area (Å²) in [4.78, 5) is 18.7. The number of carbonyl (C=O) groups is 1. The molecule has 6 nitrogen and oxygen atoms in total. The molecule has 0 bridgehead atoms. The van der Waals surface area contributed by atoms with Crippen LogP contribution in [0.5, 0.6) is 5.75 Å². The summed E-state index contributed by atoms with van der Waals surface area (Å²) in [6.07, 6.45) is 5.75. The molecule has 28 heavy (non-hydrogen) atoms. The maximum absolute atomic E-state index is 12.9. The molecular weight excluding hydrogens is 359 g/mol. The molecule has 1 atom stereocenters. The van der Waals surface area contributed by atoms with Crippen molar-refractivity contribution < 1.29 is 13.9 Å². The van der Waals surface area contributed by atoms with E-state index in [1.54, 1.807) is 36.7 Å².